The summed E-state index contributed by atoms with van der Waals surface area (Å²) < 4.78 is 36.6. The molecule has 0 bridgehead atoms. The number of nitrogens with one attached hydrogen (secondary N) is 3. The molecular formula is C35H38F2N8O3. The van der Waals surface area contributed by atoms with Gasteiger partial charge in [-0.15, -0.1) is 5.53 Å². The first kappa shape index (κ1) is 31.2. The number of hydrogen-bond acceptors (Lipinski definition) is 8. The van der Waals surface area contributed by atoms with Crippen LogP contribution < -0.4 is 20.6 Å². The molecule has 3 aliphatic heterocycles. The highest BCUT2D eigenvalue weighted by atomic mass is 19.1. The van der Waals surface area contributed by atoms with Crippen molar-refractivity contribution in [2.24, 2.45) is 0 Å². The fourth-order valence-corrected chi connectivity index (χ4v) is 6.54. The van der Waals surface area contributed by atoms with Gasteiger partial charge in [0.1, 0.15) is 11.4 Å². The first-order chi connectivity index (χ1) is 23.4. The van der Waals surface area contributed by atoms with Crippen LogP contribution in [-0.2, 0) is 4.79 Å². The Labute approximate surface area is 277 Å². The number of aromatic nitrogens is 2. The predicted octanol–water partition coefficient (Wildman–Crippen LogP) is 4.53. The second-order valence-corrected chi connectivity index (χ2v) is 11.9. The Morgan fingerprint density at radius 2 is 1.81 bits per heavy atom. The molecule has 1 saturated heterocycles. The van der Waals surface area contributed by atoms with E-state index in [9.17, 15) is 14.0 Å². The number of rotatable bonds is 8. The molecule has 11 nitrogen and oxygen atoms in total. The zero-order valence-corrected chi connectivity index (χ0v) is 26.5. The summed E-state index contributed by atoms with van der Waals surface area (Å²) in [6.45, 7) is 2.84. The van der Waals surface area contributed by atoms with E-state index in [0.29, 0.717) is 79.9 Å². The molecule has 0 aliphatic carbocycles. The number of para-hydroxylation sites is 1. The molecule has 3 aliphatic rings. The number of fused-ring (bicyclic) bond motifs is 1. The molecule has 5 heterocycles. The van der Waals surface area contributed by atoms with E-state index < -0.39 is 11.6 Å². The van der Waals surface area contributed by atoms with Gasteiger partial charge in [0.05, 0.1) is 12.6 Å². The normalized spacial score (nSPS) is 16.4. The quantitative estimate of drug-likeness (QED) is 0.254. The predicted molar refractivity (Wildman–Crippen MR) is 181 cm³/mol. The number of amides is 2. The number of H-pyrrole nitrogens is 1. The van der Waals surface area contributed by atoms with Crippen molar-refractivity contribution in [2.45, 2.75) is 12.8 Å². The highest BCUT2D eigenvalue weighted by Gasteiger charge is 2.28. The van der Waals surface area contributed by atoms with Gasteiger partial charge >= 0.3 is 0 Å². The van der Waals surface area contributed by atoms with Crippen LogP contribution in [0.15, 0.2) is 73.2 Å². The third-order valence-corrected chi connectivity index (χ3v) is 9.05. The topological polar surface area (TPSA) is 109 Å². The molecule has 0 unspecified atom stereocenters. The Bertz CT molecular complexity index is 1920. The molecule has 250 valence electrons. The molecule has 0 atom stereocenters. The van der Waals surface area contributed by atoms with E-state index >= 15 is 4.39 Å². The number of hydrazine groups is 2. The van der Waals surface area contributed by atoms with Crippen LogP contribution >= 0.6 is 0 Å². The van der Waals surface area contributed by atoms with E-state index in [1.165, 1.54) is 6.07 Å². The van der Waals surface area contributed by atoms with E-state index in [1.54, 1.807) is 52.5 Å². The maximum Gasteiger partial charge on any atom is 0.270 e. The van der Waals surface area contributed by atoms with Gasteiger partial charge in [0.25, 0.3) is 5.91 Å². The maximum atomic E-state index is 16.6. The number of anilines is 1. The average Bonchev–Trinajstić information content (AvgIpc) is 3.82. The van der Waals surface area contributed by atoms with Crippen LogP contribution in [0.5, 0.6) is 5.75 Å². The van der Waals surface area contributed by atoms with Gasteiger partial charge in [-0.1, -0.05) is 24.3 Å². The largest absolute Gasteiger partial charge is 0.496 e. The minimum absolute atomic E-state index is 0. The molecule has 0 radical (unpaired) electrons. The average molecular weight is 657 g/mol. The van der Waals surface area contributed by atoms with Crippen molar-refractivity contribution < 1.29 is 24.5 Å². The Morgan fingerprint density at radius 1 is 0.979 bits per heavy atom. The lowest BCUT2D eigenvalue weighted by Crippen LogP contribution is -2.49. The molecule has 1 fully saturated rings. The number of aromatic amines is 1. The third-order valence-electron chi connectivity index (χ3n) is 9.05. The number of carbonyl (C=O) groups excluding carboxylic acids is 2. The summed E-state index contributed by atoms with van der Waals surface area (Å²) in [5.41, 5.74) is 8.75. The third kappa shape index (κ3) is 6.04. The minimum Gasteiger partial charge on any atom is -0.496 e. The Morgan fingerprint density at radius 3 is 2.58 bits per heavy atom. The summed E-state index contributed by atoms with van der Waals surface area (Å²) in [4.78, 5) is 39.5. The highest BCUT2D eigenvalue weighted by molar-refractivity contribution is 6.05. The van der Waals surface area contributed by atoms with Gasteiger partial charge in [-0.25, -0.2) is 13.8 Å². The van der Waals surface area contributed by atoms with Crippen LogP contribution in [0.4, 0.5) is 14.6 Å². The van der Waals surface area contributed by atoms with Gasteiger partial charge in [-0.05, 0) is 47.9 Å². The number of benzene rings is 2. The number of piperazine rings is 1. The molecule has 3 N–H and O–H groups in total. The Hall–Kier alpha value is -5.43. The van der Waals surface area contributed by atoms with Crippen LogP contribution in [0.25, 0.3) is 27.6 Å². The summed E-state index contributed by atoms with van der Waals surface area (Å²) in [5.74, 6) is -0.314. The van der Waals surface area contributed by atoms with Crippen LogP contribution in [0.3, 0.4) is 0 Å². The monoisotopic (exact) mass is 656 g/mol. The van der Waals surface area contributed by atoms with E-state index in [4.69, 9.17) is 4.74 Å². The molecular weight excluding hydrogens is 618 g/mol. The van der Waals surface area contributed by atoms with E-state index in [1.807, 2.05) is 41.4 Å². The molecule has 4 aromatic rings. The molecule has 0 spiro atoms. The zero-order chi connectivity index (χ0) is 33.2. The minimum atomic E-state index is -0.490. The summed E-state index contributed by atoms with van der Waals surface area (Å²) in [6.07, 6.45) is 7.98. The number of methoxy groups -OCH3 is 1. The molecule has 0 saturated carbocycles. The lowest BCUT2D eigenvalue weighted by atomic mass is 9.93. The lowest BCUT2D eigenvalue weighted by Gasteiger charge is -2.35. The standard InChI is InChI=1S/C35H36F2N8O3.H2/c1-48-30-9-3-2-7-24(30)26-20-25(23-6-5-13-44(22-23)31(46)10-14-45-15-12-39-41-45)32(37)33-27(26)21-29(40-33)35(47)43-18-16-42(17-19-43)34-28(36)8-4-11-38-34;/h2-4,6-9,11-12,15,20-21,39-41H,5,10,13-14,16-19,22H2,1H3;1H. The van der Waals surface area contributed by atoms with Crippen molar-refractivity contribution in [3.63, 3.8) is 0 Å². The van der Waals surface area contributed by atoms with Gasteiger partial charge in [0, 0.05) is 88.8 Å². The molecule has 48 heavy (non-hydrogen) atoms. The van der Waals surface area contributed by atoms with Crippen molar-refractivity contribution in [3.05, 3.63) is 96.1 Å². The van der Waals surface area contributed by atoms with Crippen molar-refractivity contribution in [1.29, 1.82) is 0 Å². The van der Waals surface area contributed by atoms with Gasteiger partial charge in [0.2, 0.25) is 5.91 Å². The van der Waals surface area contributed by atoms with E-state index in [0.717, 1.165) is 5.56 Å². The lowest BCUT2D eigenvalue weighted by molar-refractivity contribution is -0.131. The van der Waals surface area contributed by atoms with Crippen molar-refractivity contribution in [1.82, 2.24) is 35.7 Å². The summed E-state index contributed by atoms with van der Waals surface area (Å²) in [6, 6.07) is 13.9. The van der Waals surface area contributed by atoms with Crippen LogP contribution in [0, 0.1) is 11.6 Å². The Balaban J connectivity index is 0.00000417. The van der Waals surface area contributed by atoms with Gasteiger partial charge in [-0.2, -0.15) is 0 Å². The van der Waals surface area contributed by atoms with E-state index in [2.05, 4.69) is 20.9 Å². The van der Waals surface area contributed by atoms with Crippen LogP contribution in [-0.4, -0.2) is 89.5 Å². The number of hydrogen-bond donors (Lipinski definition) is 3. The second-order valence-electron chi connectivity index (χ2n) is 11.9. The summed E-state index contributed by atoms with van der Waals surface area (Å²) in [5, 5.41) is 2.33. The number of halogens is 2. The van der Waals surface area contributed by atoms with Crippen molar-refractivity contribution in [3.8, 4) is 16.9 Å². The van der Waals surface area contributed by atoms with Gasteiger partial charge in [0.15, 0.2) is 17.5 Å². The first-order valence-corrected chi connectivity index (χ1v) is 16.0. The fraction of sp³-hybridized carbons (Fsp3) is 0.286. The maximum absolute atomic E-state index is 16.6. The molecule has 2 aromatic carbocycles. The molecule has 7 rings (SSSR count). The Kier molecular flexibility index (Phi) is 8.68. The highest BCUT2D eigenvalue weighted by Crippen LogP contribution is 2.40. The fourth-order valence-electron chi connectivity index (χ4n) is 6.54. The zero-order valence-electron chi connectivity index (χ0n) is 26.5. The van der Waals surface area contributed by atoms with Crippen molar-refractivity contribution >= 4 is 34.1 Å². The summed E-state index contributed by atoms with van der Waals surface area (Å²) >= 11 is 0. The van der Waals surface area contributed by atoms with Gasteiger partial charge in [-0.3, -0.25) is 14.6 Å². The van der Waals surface area contributed by atoms with E-state index in [-0.39, 0.29) is 36.8 Å². The number of ether oxygens (including phenoxy) is 1. The first-order valence-electron chi connectivity index (χ1n) is 16.0. The smallest absolute Gasteiger partial charge is 0.270 e. The number of nitrogens with zero attached hydrogens (tertiary/aromatic N) is 5. The number of carbonyl (C=O) groups is 2. The van der Waals surface area contributed by atoms with Crippen LogP contribution in [0.1, 0.15) is 30.3 Å². The second kappa shape index (κ2) is 13.4. The summed E-state index contributed by atoms with van der Waals surface area (Å²) in [7, 11) is 1.58. The number of pyridine rings is 1. The molecule has 2 aromatic heterocycles. The SMILES string of the molecule is COc1ccccc1-c1cc(C2=CCCN(C(=O)CCN3C=CNN3)C2)c(F)c2[nH]c(C(=O)N3CCN(c4ncccc4F)CC3)cc12.[HH]. The molecule has 2 amide bonds. The van der Waals surface area contributed by atoms with Gasteiger partial charge < -0.3 is 29.8 Å². The molecule has 13 heteroatoms. The van der Waals surface area contributed by atoms with Crippen LogP contribution in [0.2, 0.25) is 0 Å². The van der Waals surface area contributed by atoms with Crippen molar-refractivity contribution in [2.75, 3.05) is 57.8 Å².